The number of carbonyl (C=O) groups excluding carboxylic acids is 1. The number of carbonyl (C=O) groups is 1. The van der Waals surface area contributed by atoms with Crippen molar-refractivity contribution in [2.24, 2.45) is 0 Å². The lowest BCUT2D eigenvalue weighted by molar-refractivity contribution is 0.0753. The quantitative estimate of drug-likeness (QED) is 0.748. The Morgan fingerprint density at radius 2 is 1.86 bits per heavy atom. The summed E-state index contributed by atoms with van der Waals surface area (Å²) in [5.41, 5.74) is 1.35. The van der Waals surface area contributed by atoms with Gasteiger partial charge in [0.15, 0.2) is 0 Å². The highest BCUT2D eigenvalue weighted by Crippen LogP contribution is 2.18. The summed E-state index contributed by atoms with van der Waals surface area (Å²) in [4.78, 5) is 14.1. The fraction of sp³-hybridized carbons (Fsp3) is 0.188. The Morgan fingerprint density at radius 1 is 1.14 bits per heavy atom. The molecule has 0 aromatic heterocycles. The summed E-state index contributed by atoms with van der Waals surface area (Å²) in [5, 5.41) is -0.0635. The van der Waals surface area contributed by atoms with Gasteiger partial charge in [0, 0.05) is 24.5 Å². The van der Waals surface area contributed by atoms with E-state index in [-0.39, 0.29) is 10.9 Å². The highest BCUT2D eigenvalue weighted by atomic mass is 35.5. The first kappa shape index (κ1) is 15.8. The van der Waals surface area contributed by atoms with Gasteiger partial charge < -0.3 is 4.90 Å². The van der Waals surface area contributed by atoms with Crippen LogP contribution in [0.3, 0.4) is 0 Å². The van der Waals surface area contributed by atoms with E-state index in [2.05, 4.69) is 0 Å². The van der Waals surface area contributed by atoms with Crippen molar-refractivity contribution in [3.8, 4) is 0 Å². The number of halogens is 3. The van der Waals surface area contributed by atoms with Crippen LogP contribution in [0.1, 0.15) is 15.9 Å². The van der Waals surface area contributed by atoms with E-state index in [0.29, 0.717) is 24.5 Å². The second-order valence-corrected chi connectivity index (χ2v) is 5.32. The van der Waals surface area contributed by atoms with Crippen molar-refractivity contribution in [3.63, 3.8) is 0 Å². The number of benzene rings is 2. The summed E-state index contributed by atoms with van der Waals surface area (Å²) in [5.74, 6) is -0.436. The van der Waals surface area contributed by atoms with Crippen molar-refractivity contribution in [3.05, 3.63) is 70.5 Å². The van der Waals surface area contributed by atoms with Crippen LogP contribution in [0, 0.1) is 5.82 Å². The van der Waals surface area contributed by atoms with Crippen molar-refractivity contribution in [2.75, 3.05) is 12.4 Å². The molecule has 0 unspecified atom stereocenters. The Bertz CT molecular complexity index is 619. The third-order valence-electron chi connectivity index (χ3n) is 3.02. The van der Waals surface area contributed by atoms with E-state index < -0.39 is 5.82 Å². The molecule has 1 amide bonds. The zero-order valence-corrected chi connectivity index (χ0v) is 12.7. The molecule has 0 bridgehead atoms. The van der Waals surface area contributed by atoms with Crippen LogP contribution < -0.4 is 0 Å². The minimum atomic E-state index is -0.542. The third kappa shape index (κ3) is 4.19. The Balaban J connectivity index is 2.20. The number of nitrogens with zero attached hydrogens (tertiary/aromatic N) is 1. The molecule has 0 radical (unpaired) electrons. The largest absolute Gasteiger partial charge is 0.333 e. The van der Waals surface area contributed by atoms with Gasteiger partial charge in [-0.3, -0.25) is 4.79 Å². The van der Waals surface area contributed by atoms with Crippen LogP contribution in [-0.2, 0) is 6.54 Å². The Labute approximate surface area is 133 Å². The lowest BCUT2D eigenvalue weighted by Crippen LogP contribution is -2.32. The molecule has 0 saturated heterocycles. The minimum absolute atomic E-state index is 0.0635. The first-order valence-corrected chi connectivity index (χ1v) is 7.37. The monoisotopic (exact) mass is 325 g/mol. The molecule has 110 valence electrons. The molecule has 0 aliphatic heterocycles. The van der Waals surface area contributed by atoms with E-state index in [1.807, 2.05) is 30.3 Å². The van der Waals surface area contributed by atoms with E-state index in [9.17, 15) is 9.18 Å². The highest BCUT2D eigenvalue weighted by Gasteiger charge is 2.17. The lowest BCUT2D eigenvalue weighted by Gasteiger charge is -2.22. The molecule has 0 spiro atoms. The highest BCUT2D eigenvalue weighted by molar-refractivity contribution is 6.31. The second-order valence-electron chi connectivity index (χ2n) is 4.53. The van der Waals surface area contributed by atoms with E-state index in [4.69, 9.17) is 23.2 Å². The number of amides is 1. The normalized spacial score (nSPS) is 10.4. The van der Waals surface area contributed by atoms with E-state index in [1.165, 1.54) is 18.2 Å². The smallest absolute Gasteiger partial charge is 0.254 e. The van der Waals surface area contributed by atoms with E-state index in [0.717, 1.165) is 5.56 Å². The maximum Gasteiger partial charge on any atom is 0.254 e. The number of rotatable bonds is 5. The summed E-state index contributed by atoms with van der Waals surface area (Å²) in [6.07, 6.45) is 0. The maximum absolute atomic E-state index is 13.2. The molecule has 2 rings (SSSR count). The number of alkyl halides is 1. The fourth-order valence-electron chi connectivity index (χ4n) is 1.97. The standard InChI is InChI=1S/C16H14Cl2FNO/c17-8-9-20(11-12-4-2-1-3-5-12)16(21)13-6-7-15(19)14(18)10-13/h1-7,10H,8-9,11H2. The second kappa shape index (κ2) is 7.43. The first-order chi connectivity index (χ1) is 10.1. The molecule has 21 heavy (non-hydrogen) atoms. The molecule has 0 aliphatic rings. The summed E-state index contributed by atoms with van der Waals surface area (Å²) in [6, 6.07) is 13.6. The van der Waals surface area contributed by atoms with Crippen LogP contribution >= 0.6 is 23.2 Å². The molecule has 0 N–H and O–H groups in total. The molecule has 0 atom stereocenters. The van der Waals surface area contributed by atoms with Crippen LogP contribution in [0.25, 0.3) is 0 Å². The van der Waals surface area contributed by atoms with Gasteiger partial charge >= 0.3 is 0 Å². The van der Waals surface area contributed by atoms with E-state index >= 15 is 0 Å². The van der Waals surface area contributed by atoms with Crippen LogP contribution in [0.2, 0.25) is 5.02 Å². The molecular weight excluding hydrogens is 312 g/mol. The zero-order valence-electron chi connectivity index (χ0n) is 11.2. The Hall–Kier alpha value is -1.58. The topological polar surface area (TPSA) is 20.3 Å². The van der Waals surface area contributed by atoms with Gasteiger partial charge in [0.25, 0.3) is 5.91 Å². The zero-order chi connectivity index (χ0) is 15.2. The van der Waals surface area contributed by atoms with Crippen molar-refractivity contribution in [2.45, 2.75) is 6.54 Å². The summed E-state index contributed by atoms with van der Waals surface area (Å²) >= 11 is 11.5. The van der Waals surface area contributed by atoms with Gasteiger partial charge in [-0.1, -0.05) is 41.9 Å². The summed E-state index contributed by atoms with van der Waals surface area (Å²) < 4.78 is 13.2. The predicted octanol–water partition coefficient (Wildman–Crippen LogP) is 4.36. The van der Waals surface area contributed by atoms with Crippen molar-refractivity contribution in [1.82, 2.24) is 4.90 Å². The van der Waals surface area contributed by atoms with Gasteiger partial charge in [-0.05, 0) is 23.8 Å². The van der Waals surface area contributed by atoms with Gasteiger partial charge in [0.05, 0.1) is 5.02 Å². The molecule has 0 saturated carbocycles. The van der Waals surface area contributed by atoms with Crippen LogP contribution in [0.15, 0.2) is 48.5 Å². The summed E-state index contributed by atoms with van der Waals surface area (Å²) in [7, 11) is 0. The minimum Gasteiger partial charge on any atom is -0.333 e. The van der Waals surface area contributed by atoms with Crippen molar-refractivity contribution >= 4 is 29.1 Å². The molecule has 0 aliphatic carbocycles. The molecular formula is C16H14Cl2FNO. The van der Waals surface area contributed by atoms with Gasteiger partial charge in [0.2, 0.25) is 0 Å². The number of hydrogen-bond donors (Lipinski definition) is 0. The number of hydrogen-bond acceptors (Lipinski definition) is 1. The van der Waals surface area contributed by atoms with Crippen LogP contribution in [0.5, 0.6) is 0 Å². The molecule has 0 fully saturated rings. The summed E-state index contributed by atoms with van der Waals surface area (Å²) in [6.45, 7) is 0.853. The predicted molar refractivity (Wildman–Crippen MR) is 83.3 cm³/mol. The average Bonchev–Trinajstić information content (AvgIpc) is 2.50. The molecule has 2 nitrogen and oxygen atoms in total. The maximum atomic E-state index is 13.2. The Morgan fingerprint density at radius 3 is 2.48 bits per heavy atom. The Kier molecular flexibility index (Phi) is 5.59. The molecule has 0 heterocycles. The third-order valence-corrected chi connectivity index (χ3v) is 3.48. The van der Waals surface area contributed by atoms with Gasteiger partial charge in [0.1, 0.15) is 5.82 Å². The van der Waals surface area contributed by atoms with Gasteiger partial charge in [-0.2, -0.15) is 0 Å². The molecule has 5 heteroatoms. The van der Waals surface area contributed by atoms with Crippen LogP contribution in [-0.4, -0.2) is 23.2 Å². The fourth-order valence-corrected chi connectivity index (χ4v) is 2.35. The average molecular weight is 326 g/mol. The first-order valence-electron chi connectivity index (χ1n) is 6.46. The van der Waals surface area contributed by atoms with Crippen molar-refractivity contribution in [1.29, 1.82) is 0 Å². The molecule has 2 aromatic carbocycles. The lowest BCUT2D eigenvalue weighted by atomic mass is 10.1. The van der Waals surface area contributed by atoms with E-state index in [1.54, 1.807) is 4.90 Å². The molecule has 2 aromatic rings. The van der Waals surface area contributed by atoms with Crippen molar-refractivity contribution < 1.29 is 9.18 Å². The van der Waals surface area contributed by atoms with Gasteiger partial charge in [-0.15, -0.1) is 11.6 Å². The van der Waals surface area contributed by atoms with Crippen LogP contribution in [0.4, 0.5) is 4.39 Å². The van der Waals surface area contributed by atoms with Gasteiger partial charge in [-0.25, -0.2) is 4.39 Å². The SMILES string of the molecule is O=C(c1ccc(F)c(Cl)c1)N(CCCl)Cc1ccccc1.